The van der Waals surface area contributed by atoms with Crippen LogP contribution in [0.4, 0.5) is 13.2 Å². The Labute approximate surface area is 165 Å². The number of phenols is 1. The van der Waals surface area contributed by atoms with E-state index in [9.17, 15) is 18.3 Å². The summed E-state index contributed by atoms with van der Waals surface area (Å²) in [5.74, 6) is -0.490. The first-order chi connectivity index (χ1) is 13.6. The summed E-state index contributed by atoms with van der Waals surface area (Å²) in [6.07, 6.45) is -0.458. The Morgan fingerprint density at radius 2 is 2.03 bits per heavy atom. The quantitative estimate of drug-likeness (QED) is 0.678. The molecule has 0 radical (unpaired) electrons. The molecule has 0 unspecified atom stereocenters. The number of fused-ring (bicyclic) bond motifs is 1. The van der Waals surface area contributed by atoms with E-state index in [0.29, 0.717) is 30.4 Å². The van der Waals surface area contributed by atoms with Crippen molar-refractivity contribution in [3.05, 3.63) is 35.7 Å². The number of benzene rings is 1. The van der Waals surface area contributed by atoms with Gasteiger partial charge in [0.05, 0.1) is 36.3 Å². The van der Waals surface area contributed by atoms with Gasteiger partial charge in [0.25, 0.3) is 0 Å². The van der Waals surface area contributed by atoms with Crippen LogP contribution in [0.5, 0.6) is 5.75 Å². The highest BCUT2D eigenvalue weighted by atomic mass is 19.4. The van der Waals surface area contributed by atoms with Crippen molar-refractivity contribution >= 4 is 11.2 Å². The number of rotatable bonds is 2. The van der Waals surface area contributed by atoms with Crippen LogP contribution < -0.4 is 0 Å². The molecule has 1 fully saturated rings. The van der Waals surface area contributed by atoms with Crippen molar-refractivity contribution in [2.45, 2.75) is 39.4 Å². The monoisotopic (exact) mass is 406 g/mol. The van der Waals surface area contributed by atoms with E-state index < -0.39 is 17.5 Å². The zero-order valence-electron chi connectivity index (χ0n) is 16.3. The molecule has 1 saturated heterocycles. The van der Waals surface area contributed by atoms with E-state index in [1.54, 1.807) is 0 Å². The summed E-state index contributed by atoms with van der Waals surface area (Å²) in [6, 6.07) is 1.82. The largest absolute Gasteiger partial charge is 0.507 e. The van der Waals surface area contributed by atoms with E-state index in [-0.39, 0.29) is 28.3 Å². The normalized spacial score (nSPS) is 19.6. The number of aryl methyl sites for hydroxylation is 1. The SMILES string of the molecule is Cc1cc(C(F)(F)F)cc(O)c1-c1cnc2cn([C@H]3CCOCC3(C)C)nc2n1. The van der Waals surface area contributed by atoms with Crippen molar-refractivity contribution in [3.8, 4) is 17.0 Å². The zero-order chi connectivity index (χ0) is 21.0. The van der Waals surface area contributed by atoms with Crippen LogP contribution in [-0.2, 0) is 10.9 Å². The van der Waals surface area contributed by atoms with Gasteiger partial charge in [0.2, 0.25) is 0 Å². The number of phenolic OH excluding ortho intramolecular Hbond substituents is 1. The molecule has 0 saturated carbocycles. The molecule has 1 N–H and O–H groups in total. The zero-order valence-corrected chi connectivity index (χ0v) is 16.3. The highest BCUT2D eigenvalue weighted by Crippen LogP contribution is 2.39. The highest BCUT2D eigenvalue weighted by molar-refractivity contribution is 5.77. The third-order valence-corrected chi connectivity index (χ3v) is 5.38. The average Bonchev–Trinajstić information content (AvgIpc) is 3.02. The Kier molecular flexibility index (Phi) is 4.53. The molecule has 1 aromatic carbocycles. The minimum Gasteiger partial charge on any atom is -0.507 e. The number of alkyl halides is 3. The van der Waals surface area contributed by atoms with Crippen molar-refractivity contribution in [1.29, 1.82) is 0 Å². The molecule has 2 aromatic heterocycles. The molecule has 0 aliphatic carbocycles. The Bertz CT molecular complexity index is 1050. The van der Waals surface area contributed by atoms with Crippen molar-refractivity contribution in [2.75, 3.05) is 13.2 Å². The Hall–Kier alpha value is -2.68. The Morgan fingerprint density at radius 3 is 2.69 bits per heavy atom. The summed E-state index contributed by atoms with van der Waals surface area (Å²) in [4.78, 5) is 8.82. The van der Waals surface area contributed by atoms with Crippen LogP contribution >= 0.6 is 0 Å². The second-order valence-electron chi connectivity index (χ2n) is 8.10. The van der Waals surface area contributed by atoms with E-state index in [1.165, 1.54) is 13.1 Å². The number of hydrogen-bond donors (Lipinski definition) is 1. The van der Waals surface area contributed by atoms with E-state index in [4.69, 9.17) is 4.74 Å². The average molecular weight is 406 g/mol. The first-order valence-corrected chi connectivity index (χ1v) is 9.27. The summed E-state index contributed by atoms with van der Waals surface area (Å²) in [5, 5.41) is 14.8. The summed E-state index contributed by atoms with van der Waals surface area (Å²) >= 11 is 0. The third-order valence-electron chi connectivity index (χ3n) is 5.38. The summed E-state index contributed by atoms with van der Waals surface area (Å²) < 4.78 is 46.3. The maximum Gasteiger partial charge on any atom is 0.416 e. The number of hydrogen-bond acceptors (Lipinski definition) is 5. The van der Waals surface area contributed by atoms with Crippen molar-refractivity contribution < 1.29 is 23.0 Å². The lowest BCUT2D eigenvalue weighted by molar-refractivity contribution is -0.137. The smallest absolute Gasteiger partial charge is 0.416 e. The maximum absolute atomic E-state index is 13.0. The first kappa shape index (κ1) is 19.6. The molecule has 1 aliphatic heterocycles. The van der Waals surface area contributed by atoms with Crippen molar-refractivity contribution in [2.24, 2.45) is 5.41 Å². The first-order valence-electron chi connectivity index (χ1n) is 9.27. The van der Waals surface area contributed by atoms with Crippen LogP contribution in [0, 0.1) is 12.3 Å². The van der Waals surface area contributed by atoms with Crippen LogP contribution in [0.1, 0.15) is 37.4 Å². The Morgan fingerprint density at radius 1 is 1.28 bits per heavy atom. The molecule has 29 heavy (non-hydrogen) atoms. The van der Waals surface area contributed by atoms with E-state index in [1.807, 2.05) is 10.9 Å². The molecule has 3 heterocycles. The van der Waals surface area contributed by atoms with E-state index >= 15 is 0 Å². The lowest BCUT2D eigenvalue weighted by Gasteiger charge is -2.38. The van der Waals surface area contributed by atoms with Crippen LogP contribution in [0.25, 0.3) is 22.4 Å². The second-order valence-corrected chi connectivity index (χ2v) is 8.10. The van der Waals surface area contributed by atoms with Crippen LogP contribution in [0.3, 0.4) is 0 Å². The van der Waals surface area contributed by atoms with Gasteiger partial charge in [-0.15, -0.1) is 0 Å². The van der Waals surface area contributed by atoms with Gasteiger partial charge in [-0.05, 0) is 31.0 Å². The minimum atomic E-state index is -4.54. The topological polar surface area (TPSA) is 73.1 Å². The molecule has 154 valence electrons. The lowest BCUT2D eigenvalue weighted by Crippen LogP contribution is -2.37. The predicted molar refractivity (Wildman–Crippen MR) is 100 cm³/mol. The molecule has 9 heteroatoms. The summed E-state index contributed by atoms with van der Waals surface area (Å²) in [5.41, 5.74) is 0.702. The number of halogens is 3. The molecule has 1 aliphatic rings. The number of aromatic hydroxyl groups is 1. The van der Waals surface area contributed by atoms with E-state index in [0.717, 1.165) is 12.5 Å². The second kappa shape index (κ2) is 6.69. The predicted octanol–water partition coefficient (Wildman–Crippen LogP) is 4.51. The fraction of sp³-hybridized carbons (Fsp3) is 0.450. The summed E-state index contributed by atoms with van der Waals surface area (Å²) in [6.45, 7) is 6.99. The molecule has 6 nitrogen and oxygen atoms in total. The third kappa shape index (κ3) is 3.55. The van der Waals surface area contributed by atoms with Gasteiger partial charge in [-0.25, -0.2) is 9.97 Å². The van der Waals surface area contributed by atoms with Gasteiger partial charge >= 0.3 is 6.18 Å². The molecule has 0 amide bonds. The van der Waals surface area contributed by atoms with Gasteiger partial charge in [0, 0.05) is 17.6 Å². The molecular weight excluding hydrogens is 385 g/mol. The molecule has 4 rings (SSSR count). The van der Waals surface area contributed by atoms with Crippen LogP contribution in [-0.4, -0.2) is 38.1 Å². The van der Waals surface area contributed by atoms with Gasteiger partial charge in [0.1, 0.15) is 11.3 Å². The molecule has 3 aromatic rings. The number of aromatic nitrogens is 4. The van der Waals surface area contributed by atoms with Gasteiger partial charge in [-0.2, -0.15) is 18.3 Å². The van der Waals surface area contributed by atoms with Crippen LogP contribution in [0.15, 0.2) is 24.5 Å². The molecule has 1 atom stereocenters. The fourth-order valence-electron chi connectivity index (χ4n) is 3.87. The van der Waals surface area contributed by atoms with E-state index in [2.05, 4.69) is 28.9 Å². The van der Waals surface area contributed by atoms with Gasteiger partial charge in [-0.3, -0.25) is 4.68 Å². The number of nitrogens with zero attached hydrogens (tertiary/aromatic N) is 4. The molecule has 0 spiro atoms. The molecule has 0 bridgehead atoms. The molecular formula is C20H21F3N4O2. The maximum atomic E-state index is 13.0. The minimum absolute atomic E-state index is 0.106. The van der Waals surface area contributed by atoms with Crippen LogP contribution in [0.2, 0.25) is 0 Å². The highest BCUT2D eigenvalue weighted by Gasteiger charge is 2.35. The van der Waals surface area contributed by atoms with Gasteiger partial charge < -0.3 is 9.84 Å². The fourth-order valence-corrected chi connectivity index (χ4v) is 3.87. The van der Waals surface area contributed by atoms with Gasteiger partial charge in [0.15, 0.2) is 5.65 Å². The summed E-state index contributed by atoms with van der Waals surface area (Å²) in [7, 11) is 0. The van der Waals surface area contributed by atoms with Crippen molar-refractivity contribution in [3.63, 3.8) is 0 Å². The number of ether oxygens (including phenoxy) is 1. The Balaban J connectivity index is 1.75. The standard InChI is InChI=1S/C20H21F3N4O2/c1-11-6-12(20(21,22)23)7-15(28)17(11)13-8-24-14-9-27(26-18(14)25-13)16-4-5-29-10-19(16,2)3/h6-9,16,28H,4-5,10H2,1-3H3/t16-/m0/s1. The van der Waals surface area contributed by atoms with Gasteiger partial charge in [-0.1, -0.05) is 13.8 Å². The lowest BCUT2D eigenvalue weighted by atomic mass is 9.82. The van der Waals surface area contributed by atoms with Crippen molar-refractivity contribution in [1.82, 2.24) is 19.7 Å².